The monoisotopic (exact) mass is 222 g/mol. The summed E-state index contributed by atoms with van der Waals surface area (Å²) in [6.45, 7) is 0. The molecule has 84 valence electrons. The van der Waals surface area contributed by atoms with Crippen molar-refractivity contribution < 1.29 is 13.9 Å². The molecule has 0 spiro atoms. The Bertz CT molecular complexity index is 624. The molecule has 6 nitrogen and oxygen atoms in total. The van der Waals surface area contributed by atoms with E-state index < -0.39 is 11.7 Å². The summed E-state index contributed by atoms with van der Waals surface area (Å²) in [5.74, 6) is -1.15. The number of nitrogens with zero attached hydrogens (tertiary/aromatic N) is 1. The highest BCUT2D eigenvalue weighted by atomic mass is 16.5. The second-order valence-electron chi connectivity index (χ2n) is 3.30. The Balaban J connectivity index is 2.94. The fourth-order valence-corrected chi connectivity index (χ4v) is 1.57. The van der Waals surface area contributed by atoms with Crippen LogP contribution in [-0.2, 0) is 11.8 Å². The summed E-state index contributed by atoms with van der Waals surface area (Å²) in [5, 5.41) is 0. The van der Waals surface area contributed by atoms with Gasteiger partial charge < -0.3 is 14.9 Å². The molecule has 0 unspecified atom stereocenters. The molecular weight excluding hydrogens is 212 g/mol. The molecule has 0 atom stereocenters. The fourth-order valence-electron chi connectivity index (χ4n) is 1.57. The van der Waals surface area contributed by atoms with Gasteiger partial charge in [-0.3, -0.25) is 4.57 Å². The van der Waals surface area contributed by atoms with Crippen LogP contribution in [0.15, 0.2) is 21.3 Å². The molecule has 0 amide bonds. The molecule has 1 heterocycles. The Kier molecular flexibility index (Phi) is 2.19. The van der Waals surface area contributed by atoms with E-state index in [2.05, 4.69) is 4.74 Å². The maximum atomic E-state index is 11.6. The third kappa shape index (κ3) is 1.27. The Morgan fingerprint density at radius 1 is 1.50 bits per heavy atom. The van der Waals surface area contributed by atoms with Crippen molar-refractivity contribution in [2.45, 2.75) is 0 Å². The summed E-state index contributed by atoms with van der Waals surface area (Å²) in [6.07, 6.45) is 0. The van der Waals surface area contributed by atoms with Crippen LogP contribution in [0.5, 0.6) is 0 Å². The van der Waals surface area contributed by atoms with Crippen molar-refractivity contribution >= 4 is 22.8 Å². The summed E-state index contributed by atoms with van der Waals surface area (Å²) in [6, 6.07) is 3.04. The van der Waals surface area contributed by atoms with Crippen molar-refractivity contribution in [2.75, 3.05) is 12.8 Å². The minimum atomic E-state index is -0.598. The van der Waals surface area contributed by atoms with E-state index in [0.29, 0.717) is 11.1 Å². The molecule has 16 heavy (non-hydrogen) atoms. The third-order valence-corrected chi connectivity index (χ3v) is 2.37. The van der Waals surface area contributed by atoms with Gasteiger partial charge in [0, 0.05) is 12.7 Å². The number of aryl methyl sites for hydroxylation is 1. The van der Waals surface area contributed by atoms with E-state index in [0.717, 1.165) is 0 Å². The number of esters is 1. The van der Waals surface area contributed by atoms with E-state index in [9.17, 15) is 9.59 Å². The van der Waals surface area contributed by atoms with E-state index in [4.69, 9.17) is 10.2 Å². The van der Waals surface area contributed by atoms with Gasteiger partial charge >= 0.3 is 11.7 Å². The Hall–Kier alpha value is -2.24. The van der Waals surface area contributed by atoms with Crippen LogP contribution in [0.3, 0.4) is 0 Å². The SMILES string of the molecule is COC(=O)c1c(N)ccc2oc(=O)n(C)c12. The Labute approximate surface area is 90.2 Å². The third-order valence-electron chi connectivity index (χ3n) is 2.37. The number of oxazole rings is 1. The van der Waals surface area contributed by atoms with Crippen molar-refractivity contribution in [1.82, 2.24) is 4.57 Å². The first-order chi connectivity index (χ1) is 7.56. The van der Waals surface area contributed by atoms with Crippen molar-refractivity contribution in [1.29, 1.82) is 0 Å². The van der Waals surface area contributed by atoms with Gasteiger partial charge in [0.05, 0.1) is 7.11 Å². The van der Waals surface area contributed by atoms with Gasteiger partial charge in [-0.05, 0) is 12.1 Å². The van der Waals surface area contributed by atoms with E-state index in [1.54, 1.807) is 6.07 Å². The molecule has 2 aromatic rings. The second kappa shape index (κ2) is 3.41. The number of benzene rings is 1. The van der Waals surface area contributed by atoms with E-state index >= 15 is 0 Å². The molecule has 0 radical (unpaired) electrons. The minimum absolute atomic E-state index is 0.147. The first kappa shape index (κ1) is 10.3. The Morgan fingerprint density at radius 2 is 2.19 bits per heavy atom. The van der Waals surface area contributed by atoms with Crippen LogP contribution in [0.4, 0.5) is 5.69 Å². The lowest BCUT2D eigenvalue weighted by atomic mass is 10.1. The fraction of sp³-hybridized carbons (Fsp3) is 0.200. The zero-order valence-electron chi connectivity index (χ0n) is 8.81. The smallest absolute Gasteiger partial charge is 0.419 e. The van der Waals surface area contributed by atoms with E-state index in [1.165, 1.54) is 24.8 Å². The zero-order chi connectivity index (χ0) is 11.9. The molecule has 0 aliphatic heterocycles. The Morgan fingerprint density at radius 3 is 2.81 bits per heavy atom. The number of hydrogen-bond acceptors (Lipinski definition) is 5. The van der Waals surface area contributed by atoms with Gasteiger partial charge in [0.1, 0.15) is 11.1 Å². The van der Waals surface area contributed by atoms with E-state index in [-0.39, 0.29) is 11.3 Å². The molecule has 2 rings (SSSR count). The molecule has 0 aliphatic carbocycles. The predicted octanol–water partition coefficient (Wildman–Crippen LogP) is 0.500. The molecule has 6 heteroatoms. The highest BCUT2D eigenvalue weighted by Crippen LogP contribution is 2.23. The minimum Gasteiger partial charge on any atom is -0.465 e. The highest BCUT2D eigenvalue weighted by Gasteiger charge is 2.19. The number of rotatable bonds is 1. The normalized spacial score (nSPS) is 10.6. The van der Waals surface area contributed by atoms with Crippen LogP contribution in [0.25, 0.3) is 11.1 Å². The van der Waals surface area contributed by atoms with Crippen LogP contribution in [-0.4, -0.2) is 17.6 Å². The van der Waals surface area contributed by atoms with Gasteiger partial charge in [-0.25, -0.2) is 9.59 Å². The molecule has 1 aromatic heterocycles. The summed E-state index contributed by atoms with van der Waals surface area (Å²) in [5.41, 5.74) is 6.73. The van der Waals surface area contributed by atoms with Crippen molar-refractivity contribution in [2.24, 2.45) is 7.05 Å². The largest absolute Gasteiger partial charge is 0.465 e. The summed E-state index contributed by atoms with van der Waals surface area (Å²) in [7, 11) is 2.75. The molecule has 0 aliphatic rings. The summed E-state index contributed by atoms with van der Waals surface area (Å²) in [4.78, 5) is 22.9. The zero-order valence-corrected chi connectivity index (χ0v) is 8.81. The molecule has 1 aromatic carbocycles. The van der Waals surface area contributed by atoms with Crippen LogP contribution in [0.2, 0.25) is 0 Å². The standard InChI is InChI=1S/C10H10N2O4/c1-12-8-6(16-10(12)14)4-3-5(11)7(8)9(13)15-2/h3-4H,11H2,1-2H3. The van der Waals surface area contributed by atoms with Gasteiger partial charge in [-0.15, -0.1) is 0 Å². The topological polar surface area (TPSA) is 87.5 Å². The van der Waals surface area contributed by atoms with E-state index in [1.807, 2.05) is 0 Å². The molecular formula is C10H10N2O4. The van der Waals surface area contributed by atoms with Crippen LogP contribution < -0.4 is 11.5 Å². The lowest BCUT2D eigenvalue weighted by molar-refractivity contribution is 0.0603. The van der Waals surface area contributed by atoms with Gasteiger partial charge in [0.2, 0.25) is 0 Å². The molecule has 0 bridgehead atoms. The average Bonchev–Trinajstić information content (AvgIpc) is 2.55. The number of nitrogen functional groups attached to an aromatic ring is 1. The van der Waals surface area contributed by atoms with Crippen LogP contribution in [0, 0.1) is 0 Å². The number of nitrogens with two attached hydrogens (primary N) is 1. The van der Waals surface area contributed by atoms with Gasteiger partial charge in [0.15, 0.2) is 5.58 Å². The molecule has 0 fully saturated rings. The molecule has 2 N–H and O–H groups in total. The number of methoxy groups -OCH3 is 1. The first-order valence-electron chi connectivity index (χ1n) is 4.52. The number of fused-ring (bicyclic) bond motifs is 1. The number of aromatic nitrogens is 1. The van der Waals surface area contributed by atoms with Crippen LogP contribution in [0.1, 0.15) is 10.4 Å². The van der Waals surface area contributed by atoms with Crippen molar-refractivity contribution in [3.63, 3.8) is 0 Å². The number of carbonyl (C=O) groups excluding carboxylic acids is 1. The maximum Gasteiger partial charge on any atom is 0.419 e. The summed E-state index contributed by atoms with van der Waals surface area (Å²) >= 11 is 0. The predicted molar refractivity (Wildman–Crippen MR) is 57.2 cm³/mol. The van der Waals surface area contributed by atoms with Crippen molar-refractivity contribution in [3.8, 4) is 0 Å². The lowest BCUT2D eigenvalue weighted by Crippen LogP contribution is -2.13. The number of carbonyl (C=O) groups is 1. The first-order valence-corrected chi connectivity index (χ1v) is 4.52. The summed E-state index contributed by atoms with van der Waals surface area (Å²) < 4.78 is 10.8. The quantitative estimate of drug-likeness (QED) is 0.560. The highest BCUT2D eigenvalue weighted by molar-refractivity contribution is 6.06. The number of hydrogen-bond donors (Lipinski definition) is 1. The number of anilines is 1. The molecule has 0 saturated heterocycles. The second-order valence-corrected chi connectivity index (χ2v) is 3.30. The number of ether oxygens (including phenoxy) is 1. The van der Waals surface area contributed by atoms with Crippen molar-refractivity contribution in [3.05, 3.63) is 28.2 Å². The molecule has 0 saturated carbocycles. The maximum absolute atomic E-state index is 11.6. The average molecular weight is 222 g/mol. The van der Waals surface area contributed by atoms with Gasteiger partial charge in [-0.2, -0.15) is 0 Å². The van der Waals surface area contributed by atoms with Gasteiger partial charge in [-0.1, -0.05) is 0 Å². The van der Waals surface area contributed by atoms with Gasteiger partial charge in [0.25, 0.3) is 0 Å². The lowest BCUT2D eigenvalue weighted by Gasteiger charge is -2.05. The van der Waals surface area contributed by atoms with Crippen LogP contribution >= 0.6 is 0 Å².